The van der Waals surface area contributed by atoms with Gasteiger partial charge in [-0.3, -0.25) is 4.68 Å². The van der Waals surface area contributed by atoms with Crippen LogP contribution < -0.4 is 5.73 Å². The van der Waals surface area contributed by atoms with Crippen molar-refractivity contribution in [3.05, 3.63) is 35.0 Å². The third-order valence-corrected chi connectivity index (χ3v) is 4.37. The largest absolute Gasteiger partial charge is 0.383 e. The molecule has 1 saturated carbocycles. The summed E-state index contributed by atoms with van der Waals surface area (Å²) in [5.41, 5.74) is 12.4. The molecule has 1 aliphatic rings. The number of benzene rings is 1. The van der Waals surface area contributed by atoms with Gasteiger partial charge in [0.05, 0.1) is 5.69 Å². The lowest BCUT2D eigenvalue weighted by Gasteiger charge is -2.07. The van der Waals surface area contributed by atoms with Crippen LogP contribution in [0, 0.1) is 19.8 Å². The molecule has 100 valence electrons. The Hall–Kier alpha value is -1.77. The molecule has 0 bridgehead atoms. The maximum Gasteiger partial charge on any atom is 0.129 e. The monoisotopic (exact) mass is 255 g/mol. The predicted molar refractivity (Wildman–Crippen MR) is 79.1 cm³/mol. The summed E-state index contributed by atoms with van der Waals surface area (Å²) < 4.78 is 1.81. The number of hydrogen-bond donors (Lipinski definition) is 1. The van der Waals surface area contributed by atoms with E-state index in [0.29, 0.717) is 5.92 Å². The first-order valence-electron chi connectivity index (χ1n) is 6.89. The normalized spacial score (nSPS) is 21.7. The van der Waals surface area contributed by atoms with Crippen molar-refractivity contribution in [2.45, 2.75) is 33.1 Å². The smallest absolute Gasteiger partial charge is 0.129 e. The van der Waals surface area contributed by atoms with Gasteiger partial charge in [-0.15, -0.1) is 0 Å². The molecule has 1 fully saturated rings. The molecule has 2 atom stereocenters. The summed E-state index contributed by atoms with van der Waals surface area (Å²) in [4.78, 5) is 0. The Morgan fingerprint density at radius 2 is 1.95 bits per heavy atom. The van der Waals surface area contributed by atoms with E-state index < -0.39 is 0 Å². The first-order valence-corrected chi connectivity index (χ1v) is 6.89. The van der Waals surface area contributed by atoms with E-state index in [1.807, 2.05) is 11.7 Å². The van der Waals surface area contributed by atoms with Gasteiger partial charge in [0, 0.05) is 18.5 Å². The quantitative estimate of drug-likeness (QED) is 0.893. The fraction of sp³-hybridized carbons (Fsp3) is 0.438. The zero-order valence-corrected chi connectivity index (χ0v) is 12.1. The van der Waals surface area contributed by atoms with Gasteiger partial charge in [-0.2, -0.15) is 5.10 Å². The molecule has 1 aromatic heterocycles. The fourth-order valence-electron chi connectivity index (χ4n) is 2.71. The van der Waals surface area contributed by atoms with Crippen LogP contribution in [0.1, 0.15) is 36.1 Å². The second-order valence-corrected chi connectivity index (χ2v) is 5.89. The van der Waals surface area contributed by atoms with Crippen molar-refractivity contribution in [3.63, 3.8) is 0 Å². The van der Waals surface area contributed by atoms with Crippen molar-refractivity contribution in [2.75, 3.05) is 5.73 Å². The van der Waals surface area contributed by atoms with Crippen LogP contribution in [-0.4, -0.2) is 9.78 Å². The number of anilines is 1. The van der Waals surface area contributed by atoms with Gasteiger partial charge in [0.1, 0.15) is 5.82 Å². The average molecular weight is 255 g/mol. The van der Waals surface area contributed by atoms with E-state index in [2.05, 4.69) is 44.1 Å². The van der Waals surface area contributed by atoms with E-state index in [1.165, 1.54) is 28.8 Å². The van der Waals surface area contributed by atoms with Gasteiger partial charge < -0.3 is 5.73 Å². The van der Waals surface area contributed by atoms with Crippen molar-refractivity contribution in [1.29, 1.82) is 0 Å². The number of nitrogen functional groups attached to an aromatic ring is 1. The number of nitrogens with zero attached hydrogens (tertiary/aromatic N) is 2. The van der Waals surface area contributed by atoms with Gasteiger partial charge in [-0.05, 0) is 42.9 Å². The zero-order valence-electron chi connectivity index (χ0n) is 12.1. The second kappa shape index (κ2) is 4.12. The van der Waals surface area contributed by atoms with E-state index in [9.17, 15) is 0 Å². The van der Waals surface area contributed by atoms with Crippen molar-refractivity contribution in [2.24, 2.45) is 13.0 Å². The molecular formula is C16H21N3. The van der Waals surface area contributed by atoms with Gasteiger partial charge in [0.25, 0.3) is 0 Å². The highest BCUT2D eigenvalue weighted by Gasteiger charge is 2.39. The van der Waals surface area contributed by atoms with E-state index in [-0.39, 0.29) is 0 Å². The van der Waals surface area contributed by atoms with E-state index >= 15 is 0 Å². The second-order valence-electron chi connectivity index (χ2n) is 5.89. The summed E-state index contributed by atoms with van der Waals surface area (Å²) in [5, 5.41) is 4.64. The summed E-state index contributed by atoms with van der Waals surface area (Å²) >= 11 is 0. The maximum atomic E-state index is 6.24. The highest BCUT2D eigenvalue weighted by molar-refractivity contribution is 5.78. The molecule has 2 unspecified atom stereocenters. The summed E-state index contributed by atoms with van der Waals surface area (Å²) in [6.45, 7) is 6.56. The third kappa shape index (κ3) is 1.93. The summed E-state index contributed by atoms with van der Waals surface area (Å²) in [6.07, 6.45) is 1.23. The predicted octanol–water partition coefficient (Wildman–Crippen LogP) is 3.41. The third-order valence-electron chi connectivity index (χ3n) is 4.37. The lowest BCUT2D eigenvalue weighted by atomic mass is 9.98. The Balaban J connectivity index is 2.15. The van der Waals surface area contributed by atoms with Crippen molar-refractivity contribution in [3.8, 4) is 11.1 Å². The minimum absolute atomic E-state index is 0.583. The molecule has 1 aliphatic carbocycles. The van der Waals surface area contributed by atoms with Crippen molar-refractivity contribution >= 4 is 5.82 Å². The Bertz CT molecular complexity index is 640. The molecule has 2 aromatic rings. The molecule has 1 aromatic carbocycles. The Labute approximate surface area is 114 Å². The Morgan fingerprint density at radius 3 is 2.53 bits per heavy atom. The number of aromatic nitrogens is 2. The topological polar surface area (TPSA) is 43.8 Å². The summed E-state index contributed by atoms with van der Waals surface area (Å²) in [6, 6.07) is 6.54. The van der Waals surface area contributed by atoms with Gasteiger partial charge in [0.15, 0.2) is 0 Å². The van der Waals surface area contributed by atoms with Crippen LogP contribution in [0.2, 0.25) is 0 Å². The zero-order chi connectivity index (χ0) is 13.7. The number of aryl methyl sites for hydroxylation is 3. The van der Waals surface area contributed by atoms with Gasteiger partial charge in [-0.25, -0.2) is 0 Å². The van der Waals surface area contributed by atoms with E-state index in [4.69, 9.17) is 5.73 Å². The highest BCUT2D eigenvalue weighted by Crippen LogP contribution is 2.50. The molecule has 3 nitrogen and oxygen atoms in total. The van der Waals surface area contributed by atoms with Crippen molar-refractivity contribution in [1.82, 2.24) is 9.78 Å². The molecule has 0 aliphatic heterocycles. The van der Waals surface area contributed by atoms with Gasteiger partial charge in [0.2, 0.25) is 0 Å². The van der Waals surface area contributed by atoms with Crippen LogP contribution in [0.15, 0.2) is 18.2 Å². The SMILES string of the molecule is Cc1ccc(-c2c(C3CC3C)nn(C)c2N)cc1C. The first kappa shape index (κ1) is 12.3. The van der Waals surface area contributed by atoms with Gasteiger partial charge >= 0.3 is 0 Å². The van der Waals surface area contributed by atoms with Crippen molar-refractivity contribution < 1.29 is 0 Å². The lowest BCUT2D eigenvalue weighted by Crippen LogP contribution is -1.98. The highest BCUT2D eigenvalue weighted by atomic mass is 15.3. The number of hydrogen-bond acceptors (Lipinski definition) is 2. The van der Waals surface area contributed by atoms with Crippen LogP contribution in [-0.2, 0) is 7.05 Å². The Kier molecular flexibility index (Phi) is 2.66. The number of nitrogens with two attached hydrogens (primary N) is 1. The minimum atomic E-state index is 0.583. The molecular weight excluding hydrogens is 234 g/mol. The average Bonchev–Trinajstić information content (AvgIpc) is 3.01. The summed E-state index contributed by atoms with van der Waals surface area (Å²) in [5.74, 6) is 2.09. The maximum absolute atomic E-state index is 6.24. The molecule has 2 N–H and O–H groups in total. The molecule has 0 spiro atoms. The molecule has 0 saturated heterocycles. The number of rotatable bonds is 2. The summed E-state index contributed by atoms with van der Waals surface area (Å²) in [7, 11) is 1.93. The van der Waals surface area contributed by atoms with E-state index in [0.717, 1.165) is 17.3 Å². The molecule has 3 heteroatoms. The van der Waals surface area contributed by atoms with Gasteiger partial charge in [-0.1, -0.05) is 25.1 Å². The van der Waals surface area contributed by atoms with Crippen LogP contribution in [0.25, 0.3) is 11.1 Å². The first-order chi connectivity index (χ1) is 8.99. The molecule has 3 rings (SSSR count). The minimum Gasteiger partial charge on any atom is -0.383 e. The van der Waals surface area contributed by atoms with Crippen LogP contribution in [0.3, 0.4) is 0 Å². The lowest BCUT2D eigenvalue weighted by molar-refractivity contribution is 0.743. The van der Waals surface area contributed by atoms with E-state index in [1.54, 1.807) is 0 Å². The molecule has 19 heavy (non-hydrogen) atoms. The molecule has 0 radical (unpaired) electrons. The Morgan fingerprint density at radius 1 is 1.26 bits per heavy atom. The van der Waals surface area contributed by atoms with Crippen LogP contribution >= 0.6 is 0 Å². The van der Waals surface area contributed by atoms with Crippen LogP contribution in [0.4, 0.5) is 5.82 Å². The standard InChI is InChI=1S/C16H21N3/c1-9-5-6-12(7-10(9)2)14-15(13-8-11(13)3)18-19(4)16(14)17/h5-7,11,13H,8,17H2,1-4H3. The molecule has 0 amide bonds. The van der Waals surface area contributed by atoms with Crippen LogP contribution in [0.5, 0.6) is 0 Å². The molecule has 1 heterocycles. The fourth-order valence-corrected chi connectivity index (χ4v) is 2.71.